The number of urea groups is 1. The van der Waals surface area contributed by atoms with Crippen LogP contribution in [0.5, 0.6) is 11.6 Å². The summed E-state index contributed by atoms with van der Waals surface area (Å²) in [5, 5.41) is 5.66. The quantitative estimate of drug-likeness (QED) is 0.413. The number of nitrogens with zero attached hydrogens (tertiary/aromatic N) is 4. The molecule has 168 valence electrons. The zero-order valence-corrected chi connectivity index (χ0v) is 19.0. The number of hydrogen-bond donors (Lipinski definition) is 2. The summed E-state index contributed by atoms with van der Waals surface area (Å²) < 4.78 is 7.68. The summed E-state index contributed by atoms with van der Waals surface area (Å²) in [5.41, 5.74) is 2.65. The van der Waals surface area contributed by atoms with Crippen molar-refractivity contribution in [3.63, 3.8) is 0 Å². The molecule has 2 aromatic carbocycles. The third kappa shape index (κ3) is 5.54. The van der Waals surface area contributed by atoms with E-state index in [1.165, 1.54) is 11.9 Å². The van der Waals surface area contributed by atoms with Crippen LogP contribution in [0.25, 0.3) is 5.82 Å². The highest BCUT2D eigenvalue weighted by Gasteiger charge is 2.13. The molecule has 0 spiro atoms. The molecule has 4 rings (SSSR count). The predicted octanol–water partition coefficient (Wildman–Crippen LogP) is 5.70. The normalized spacial score (nSPS) is 11.2. The van der Waals surface area contributed by atoms with Crippen molar-refractivity contribution in [1.29, 1.82) is 0 Å². The van der Waals surface area contributed by atoms with Crippen LogP contribution in [0.3, 0.4) is 0 Å². The molecule has 0 saturated carbocycles. The second-order valence-electron chi connectivity index (χ2n) is 8.59. The van der Waals surface area contributed by atoms with Crippen LogP contribution in [0.1, 0.15) is 32.2 Å². The molecule has 0 fully saturated rings. The van der Waals surface area contributed by atoms with Gasteiger partial charge in [0.05, 0.1) is 0 Å². The van der Waals surface area contributed by atoms with Gasteiger partial charge in [-0.15, -0.1) is 0 Å². The molecule has 2 heterocycles. The van der Waals surface area contributed by atoms with Gasteiger partial charge in [0.25, 0.3) is 0 Å². The van der Waals surface area contributed by atoms with Crippen LogP contribution >= 0.6 is 0 Å². The molecule has 2 N–H and O–H groups in total. The van der Waals surface area contributed by atoms with Crippen LogP contribution in [0.15, 0.2) is 73.3 Å². The predicted molar refractivity (Wildman–Crippen MR) is 128 cm³/mol. The number of nitrogens with one attached hydrogen (secondary N) is 2. The molecule has 2 aromatic heterocycles. The third-order valence-electron chi connectivity index (χ3n) is 5.04. The molecule has 0 radical (unpaired) electrons. The minimum Gasteiger partial charge on any atom is -0.439 e. The van der Waals surface area contributed by atoms with Gasteiger partial charge in [0, 0.05) is 29.8 Å². The molecule has 4 aromatic rings. The molecule has 0 aliphatic rings. The lowest BCUT2D eigenvalue weighted by Gasteiger charge is -2.19. The maximum absolute atomic E-state index is 12.3. The number of aryl methyl sites for hydroxylation is 1. The summed E-state index contributed by atoms with van der Waals surface area (Å²) >= 11 is 0. The summed E-state index contributed by atoms with van der Waals surface area (Å²) in [6, 6.07) is 16.3. The number of imidazole rings is 1. The number of benzene rings is 2. The van der Waals surface area contributed by atoms with E-state index in [9.17, 15) is 4.79 Å². The Kier molecular flexibility index (Phi) is 6.08. The van der Waals surface area contributed by atoms with Crippen LogP contribution in [0.4, 0.5) is 16.2 Å². The zero-order chi connectivity index (χ0) is 23.4. The van der Waals surface area contributed by atoms with Crippen molar-refractivity contribution in [2.24, 2.45) is 0 Å². The van der Waals surface area contributed by atoms with Gasteiger partial charge in [0.15, 0.2) is 0 Å². The fourth-order valence-electron chi connectivity index (χ4n) is 3.21. The fraction of sp³-hybridized carbons (Fsp3) is 0.200. The number of anilines is 2. The molecule has 0 aliphatic heterocycles. The first-order chi connectivity index (χ1) is 15.8. The lowest BCUT2D eigenvalue weighted by molar-refractivity contribution is 0.262. The Labute approximate surface area is 192 Å². The Balaban J connectivity index is 1.36. The second kappa shape index (κ2) is 9.12. The number of rotatable bonds is 5. The van der Waals surface area contributed by atoms with E-state index in [0.29, 0.717) is 23.1 Å². The monoisotopic (exact) mass is 442 g/mol. The van der Waals surface area contributed by atoms with E-state index in [1.54, 1.807) is 36.5 Å². The van der Waals surface area contributed by atoms with Crippen molar-refractivity contribution >= 4 is 17.4 Å². The number of carbonyl (C=O) groups excluding carboxylic acids is 1. The van der Waals surface area contributed by atoms with Crippen molar-refractivity contribution in [2.75, 3.05) is 10.6 Å². The summed E-state index contributed by atoms with van der Waals surface area (Å²) in [6.07, 6.45) is 4.98. The zero-order valence-electron chi connectivity index (χ0n) is 19.0. The molecule has 0 atom stereocenters. The smallest absolute Gasteiger partial charge is 0.323 e. The number of aromatic nitrogens is 4. The molecule has 8 heteroatoms. The van der Waals surface area contributed by atoms with E-state index < -0.39 is 0 Å². The van der Waals surface area contributed by atoms with Crippen molar-refractivity contribution in [3.05, 3.63) is 84.7 Å². The summed E-state index contributed by atoms with van der Waals surface area (Å²) in [6.45, 7) is 8.35. The first-order valence-corrected chi connectivity index (χ1v) is 10.6. The van der Waals surface area contributed by atoms with Crippen molar-refractivity contribution < 1.29 is 9.53 Å². The number of ether oxygens (including phenoxy) is 1. The molecule has 0 saturated heterocycles. The highest BCUT2D eigenvalue weighted by molar-refractivity contribution is 5.99. The highest BCUT2D eigenvalue weighted by Crippen LogP contribution is 2.24. The van der Waals surface area contributed by atoms with E-state index in [4.69, 9.17) is 4.74 Å². The van der Waals surface area contributed by atoms with Gasteiger partial charge in [-0.3, -0.25) is 4.57 Å². The van der Waals surface area contributed by atoms with Gasteiger partial charge < -0.3 is 15.4 Å². The van der Waals surface area contributed by atoms with Crippen LogP contribution < -0.4 is 15.4 Å². The fourth-order valence-corrected chi connectivity index (χ4v) is 3.21. The van der Waals surface area contributed by atoms with E-state index in [-0.39, 0.29) is 11.4 Å². The van der Waals surface area contributed by atoms with E-state index in [1.807, 2.05) is 42.0 Å². The highest BCUT2D eigenvalue weighted by atomic mass is 16.5. The Morgan fingerprint density at radius 3 is 2.12 bits per heavy atom. The number of carbonyl (C=O) groups is 1. The molecule has 0 bridgehead atoms. The molecule has 33 heavy (non-hydrogen) atoms. The van der Waals surface area contributed by atoms with Crippen LogP contribution in [0, 0.1) is 6.92 Å². The maximum atomic E-state index is 12.3. The number of amides is 2. The molecular weight excluding hydrogens is 416 g/mol. The lowest BCUT2D eigenvalue weighted by Crippen LogP contribution is -2.19. The summed E-state index contributed by atoms with van der Waals surface area (Å²) in [4.78, 5) is 25.0. The largest absolute Gasteiger partial charge is 0.439 e. The van der Waals surface area contributed by atoms with Gasteiger partial charge in [0.2, 0.25) is 5.88 Å². The summed E-state index contributed by atoms with van der Waals surface area (Å²) in [7, 11) is 0. The van der Waals surface area contributed by atoms with Crippen LogP contribution in [-0.4, -0.2) is 25.6 Å². The van der Waals surface area contributed by atoms with Gasteiger partial charge in [-0.05, 0) is 54.3 Å². The topological polar surface area (TPSA) is 94.0 Å². The van der Waals surface area contributed by atoms with Gasteiger partial charge in [-0.2, -0.15) is 0 Å². The first-order valence-electron chi connectivity index (χ1n) is 10.6. The Morgan fingerprint density at radius 1 is 0.909 bits per heavy atom. The maximum Gasteiger partial charge on any atom is 0.323 e. The van der Waals surface area contributed by atoms with Crippen molar-refractivity contribution in [2.45, 2.75) is 33.1 Å². The van der Waals surface area contributed by atoms with Gasteiger partial charge >= 0.3 is 6.03 Å². The Hall–Kier alpha value is -4.20. The van der Waals surface area contributed by atoms with Crippen molar-refractivity contribution in [3.8, 4) is 17.4 Å². The molecular formula is C25H26N6O2. The SMILES string of the molecule is Cc1nccn1-c1cc(Oc2ccc(NC(=O)Nc3ccc(C(C)(C)C)cc3)cc2)ncn1. The summed E-state index contributed by atoms with van der Waals surface area (Å²) in [5.74, 6) is 2.48. The average Bonchev–Trinajstić information content (AvgIpc) is 3.21. The first kappa shape index (κ1) is 22.0. The molecule has 2 amide bonds. The standard InChI is InChI=1S/C25H26N6O2/c1-17-26-13-14-31(17)22-15-23(28-16-27-22)33-21-11-9-20(10-12-21)30-24(32)29-19-7-5-18(6-8-19)25(2,3)4/h5-16H,1-4H3,(H2,29,30,32). The molecule has 0 aliphatic carbocycles. The average molecular weight is 443 g/mol. The van der Waals surface area contributed by atoms with E-state index in [2.05, 4.69) is 46.4 Å². The molecule has 8 nitrogen and oxygen atoms in total. The molecule has 0 unspecified atom stereocenters. The van der Waals surface area contributed by atoms with Crippen molar-refractivity contribution in [1.82, 2.24) is 19.5 Å². The van der Waals surface area contributed by atoms with Crippen LogP contribution in [-0.2, 0) is 5.41 Å². The van der Waals surface area contributed by atoms with Gasteiger partial charge in [-0.1, -0.05) is 32.9 Å². The lowest BCUT2D eigenvalue weighted by atomic mass is 9.87. The third-order valence-corrected chi connectivity index (χ3v) is 5.04. The number of hydrogen-bond acceptors (Lipinski definition) is 5. The minimum absolute atomic E-state index is 0.0659. The minimum atomic E-state index is -0.316. The van der Waals surface area contributed by atoms with E-state index in [0.717, 1.165) is 11.5 Å². The van der Waals surface area contributed by atoms with Gasteiger partial charge in [-0.25, -0.2) is 19.7 Å². The van der Waals surface area contributed by atoms with E-state index >= 15 is 0 Å². The second-order valence-corrected chi connectivity index (χ2v) is 8.59. The van der Waals surface area contributed by atoms with Crippen LogP contribution in [0.2, 0.25) is 0 Å². The Bertz CT molecular complexity index is 1240. The van der Waals surface area contributed by atoms with Gasteiger partial charge in [0.1, 0.15) is 23.7 Å². The Morgan fingerprint density at radius 2 is 1.55 bits per heavy atom.